The minimum Gasteiger partial charge on any atom is -0.391 e. The zero-order chi connectivity index (χ0) is 20.8. The minimum atomic E-state index is -1.42. The van der Waals surface area contributed by atoms with Crippen LogP contribution in [0.4, 0.5) is 0 Å². The molecule has 1 amide bonds. The van der Waals surface area contributed by atoms with E-state index in [9.17, 15) is 25.2 Å². The number of hydrogen-bond acceptors (Lipinski definition) is 9. The molecule has 2 fully saturated rings. The van der Waals surface area contributed by atoms with E-state index >= 15 is 0 Å². The molecule has 2 aliphatic heterocycles. The third-order valence-corrected chi connectivity index (χ3v) is 7.49. The van der Waals surface area contributed by atoms with Gasteiger partial charge in [-0.05, 0) is 31.8 Å². The summed E-state index contributed by atoms with van der Waals surface area (Å²) in [4.78, 5) is 12.7. The predicted molar refractivity (Wildman–Crippen MR) is 111 cm³/mol. The first-order valence-corrected chi connectivity index (χ1v) is 12.2. The summed E-state index contributed by atoms with van der Waals surface area (Å²) in [5, 5.41) is 47.1. The Hall–Kier alpha value is -0.0700. The van der Waals surface area contributed by atoms with Crippen molar-refractivity contribution in [3.63, 3.8) is 0 Å². The van der Waals surface area contributed by atoms with Crippen LogP contribution in [0.5, 0.6) is 0 Å². The lowest BCUT2D eigenvalue weighted by atomic mass is 9.92. The van der Waals surface area contributed by atoms with Crippen LogP contribution >= 0.6 is 23.5 Å². The van der Waals surface area contributed by atoms with Gasteiger partial charge in [-0.25, -0.2) is 0 Å². The third-order valence-electron chi connectivity index (χ3n) is 5.28. The van der Waals surface area contributed by atoms with Crippen molar-refractivity contribution in [3.8, 4) is 0 Å². The van der Waals surface area contributed by atoms with Gasteiger partial charge in [-0.2, -0.15) is 11.8 Å². The van der Waals surface area contributed by atoms with Crippen LogP contribution in [-0.2, 0) is 9.53 Å². The summed E-state index contributed by atoms with van der Waals surface area (Å²) in [6.45, 7) is 4.41. The number of hydrogen-bond donors (Lipinski definition) is 6. The van der Waals surface area contributed by atoms with Crippen LogP contribution in [0.15, 0.2) is 0 Å². The molecule has 0 aliphatic carbocycles. The number of aliphatic hydroxyl groups is 4. The molecule has 0 aromatic carbocycles. The highest BCUT2D eigenvalue weighted by molar-refractivity contribution is 8.00. The van der Waals surface area contributed by atoms with Gasteiger partial charge in [-0.3, -0.25) is 4.79 Å². The van der Waals surface area contributed by atoms with Crippen LogP contribution in [0.3, 0.4) is 0 Å². The van der Waals surface area contributed by atoms with E-state index in [0.29, 0.717) is 11.7 Å². The quantitative estimate of drug-likeness (QED) is 0.258. The van der Waals surface area contributed by atoms with Crippen LogP contribution < -0.4 is 10.6 Å². The Morgan fingerprint density at radius 2 is 2.00 bits per heavy atom. The average molecular weight is 439 g/mol. The second kappa shape index (κ2) is 11.4. The number of unbranched alkanes of at least 4 members (excludes halogenated alkanes) is 1. The summed E-state index contributed by atoms with van der Waals surface area (Å²) in [6.07, 6.45) is -1.41. The van der Waals surface area contributed by atoms with E-state index in [4.69, 9.17) is 4.74 Å². The molecule has 0 aromatic heterocycles. The number of ether oxygens (including phenoxy) is 1. The predicted octanol–water partition coefficient (Wildman–Crippen LogP) is -0.714. The summed E-state index contributed by atoms with van der Waals surface area (Å²) < 4.78 is 5.71. The Morgan fingerprint density at radius 3 is 2.61 bits per heavy atom. The second-order valence-electron chi connectivity index (χ2n) is 7.49. The summed E-state index contributed by atoms with van der Waals surface area (Å²) in [5.74, 6) is 0.813. The maximum atomic E-state index is 12.7. The van der Waals surface area contributed by atoms with Gasteiger partial charge in [-0.1, -0.05) is 13.3 Å². The van der Waals surface area contributed by atoms with E-state index in [1.807, 2.05) is 11.8 Å². The largest absolute Gasteiger partial charge is 0.391 e. The maximum absolute atomic E-state index is 12.7. The SMILES string of the molecule is CCCCS[C@@H]1CN[C@H](C(=O)N[C@@H]([C@H]2O[C@H](SC)[C@H](O)[C@@H](O)[C@H]2O)[C@@H](C)O)C1. The van der Waals surface area contributed by atoms with Crippen molar-refractivity contribution in [3.05, 3.63) is 0 Å². The van der Waals surface area contributed by atoms with Crippen LogP contribution in [0.25, 0.3) is 0 Å². The monoisotopic (exact) mass is 438 g/mol. The van der Waals surface area contributed by atoms with Crippen molar-refractivity contribution >= 4 is 29.4 Å². The molecule has 2 heterocycles. The zero-order valence-corrected chi connectivity index (χ0v) is 18.3. The number of rotatable bonds is 9. The molecule has 8 nitrogen and oxygen atoms in total. The highest BCUT2D eigenvalue weighted by Crippen LogP contribution is 2.30. The fourth-order valence-electron chi connectivity index (χ4n) is 3.53. The number of carbonyl (C=O) groups excluding carboxylic acids is 1. The van der Waals surface area contributed by atoms with Gasteiger partial charge in [0, 0.05) is 11.8 Å². The van der Waals surface area contributed by atoms with Gasteiger partial charge in [0.2, 0.25) is 5.91 Å². The van der Waals surface area contributed by atoms with Crippen molar-refractivity contribution in [1.29, 1.82) is 0 Å². The lowest BCUT2D eigenvalue weighted by molar-refractivity contribution is -0.211. The standard InChI is InChI=1S/C18H34N2O6S2/c1-4-5-6-28-10-7-11(19-8-10)17(25)20-12(9(2)21)16-14(23)13(22)15(24)18(26-16)27-3/h9-16,18-19,21-24H,4-8H2,1-3H3,(H,20,25)/t9-,10+,11+,12-,13+,14-,15-,16-,18-/m1/s1. The zero-order valence-electron chi connectivity index (χ0n) is 16.7. The number of nitrogens with one attached hydrogen (secondary N) is 2. The molecule has 10 heteroatoms. The number of carbonyl (C=O) groups is 1. The van der Waals surface area contributed by atoms with Crippen molar-refractivity contribution < 1.29 is 30.0 Å². The normalized spacial score (nSPS) is 38.2. The van der Waals surface area contributed by atoms with Crippen molar-refractivity contribution in [2.24, 2.45) is 0 Å². The lowest BCUT2D eigenvalue weighted by Crippen LogP contribution is -2.65. The molecule has 164 valence electrons. The molecule has 2 saturated heterocycles. The van der Waals surface area contributed by atoms with Gasteiger partial charge in [0.1, 0.15) is 29.9 Å². The molecule has 0 spiro atoms. The van der Waals surface area contributed by atoms with Crippen LogP contribution in [0.1, 0.15) is 33.1 Å². The number of amides is 1. The first-order chi connectivity index (χ1) is 13.3. The molecule has 28 heavy (non-hydrogen) atoms. The van der Waals surface area contributed by atoms with Crippen LogP contribution in [0, 0.1) is 0 Å². The third kappa shape index (κ3) is 5.98. The smallest absolute Gasteiger partial charge is 0.237 e. The van der Waals surface area contributed by atoms with E-state index in [2.05, 4.69) is 17.6 Å². The Balaban J connectivity index is 1.98. The van der Waals surface area contributed by atoms with E-state index in [1.165, 1.54) is 18.7 Å². The van der Waals surface area contributed by atoms with Crippen molar-refractivity contribution in [2.75, 3.05) is 18.6 Å². The summed E-state index contributed by atoms with van der Waals surface area (Å²) in [5.41, 5.74) is -0.759. The molecule has 0 bridgehead atoms. The molecule has 0 unspecified atom stereocenters. The number of thioether (sulfide) groups is 2. The number of aliphatic hydroxyl groups excluding tert-OH is 4. The molecule has 9 atom stereocenters. The Kier molecular flexibility index (Phi) is 9.82. The van der Waals surface area contributed by atoms with Crippen molar-refractivity contribution in [1.82, 2.24) is 10.6 Å². The molecule has 0 aromatic rings. The molecular formula is C18H34N2O6S2. The molecular weight excluding hydrogens is 404 g/mol. The van der Waals surface area contributed by atoms with Gasteiger partial charge >= 0.3 is 0 Å². The molecule has 2 aliphatic rings. The Labute approximate surface area is 175 Å². The second-order valence-corrected chi connectivity index (χ2v) is 9.84. The summed E-state index contributed by atoms with van der Waals surface area (Å²) >= 11 is 3.06. The molecule has 0 radical (unpaired) electrons. The van der Waals surface area contributed by atoms with Crippen molar-refractivity contribution in [2.45, 2.75) is 86.4 Å². The van der Waals surface area contributed by atoms with Crippen LogP contribution in [0.2, 0.25) is 0 Å². The van der Waals surface area contributed by atoms with Crippen LogP contribution in [-0.4, -0.2) is 98.2 Å². The molecule has 6 N–H and O–H groups in total. The Bertz CT molecular complexity index is 499. The van der Waals surface area contributed by atoms with Gasteiger partial charge in [0.25, 0.3) is 0 Å². The van der Waals surface area contributed by atoms with E-state index < -0.39 is 42.0 Å². The Morgan fingerprint density at radius 1 is 1.29 bits per heavy atom. The lowest BCUT2D eigenvalue weighted by Gasteiger charge is -2.44. The summed E-state index contributed by atoms with van der Waals surface area (Å²) in [7, 11) is 0. The highest BCUT2D eigenvalue weighted by Gasteiger charge is 2.48. The minimum absolute atomic E-state index is 0.262. The maximum Gasteiger partial charge on any atom is 0.237 e. The van der Waals surface area contributed by atoms with E-state index in [1.54, 1.807) is 6.26 Å². The topological polar surface area (TPSA) is 131 Å². The first-order valence-electron chi connectivity index (χ1n) is 9.86. The molecule has 0 saturated carbocycles. The highest BCUT2D eigenvalue weighted by atomic mass is 32.2. The van der Waals surface area contributed by atoms with Gasteiger partial charge in [0.05, 0.1) is 18.2 Å². The summed E-state index contributed by atoms with van der Waals surface area (Å²) in [6, 6.07) is -1.28. The van der Waals surface area contributed by atoms with Gasteiger partial charge < -0.3 is 35.8 Å². The molecule has 2 rings (SSSR count). The van der Waals surface area contributed by atoms with E-state index in [0.717, 1.165) is 25.1 Å². The fourth-order valence-corrected chi connectivity index (χ4v) is 5.54. The van der Waals surface area contributed by atoms with E-state index in [-0.39, 0.29) is 11.9 Å². The fraction of sp³-hybridized carbons (Fsp3) is 0.944. The van der Waals surface area contributed by atoms with Gasteiger partial charge in [-0.15, -0.1) is 11.8 Å². The van der Waals surface area contributed by atoms with Gasteiger partial charge in [0.15, 0.2) is 0 Å². The average Bonchev–Trinajstić information content (AvgIpc) is 3.14. The first kappa shape index (κ1) is 24.2.